The first-order chi connectivity index (χ1) is 6.50. The largest absolute Gasteiger partial charge is 0.0885 e. The summed E-state index contributed by atoms with van der Waals surface area (Å²) in [6, 6.07) is 0. The molecule has 0 nitrogen and oxygen atoms in total. The molecule has 1 aliphatic carbocycles. The minimum absolute atomic E-state index is 1.11. The fraction of sp³-hybridized carbons (Fsp3) is 0.538. The first-order valence-electron chi connectivity index (χ1n) is 5.45. The number of hydrogen-bond acceptors (Lipinski definition) is 0. The van der Waals surface area contributed by atoms with Gasteiger partial charge in [0.1, 0.15) is 0 Å². The lowest BCUT2D eigenvalue weighted by Gasteiger charge is -1.92. The predicted molar refractivity (Wildman–Crippen MR) is 59.7 cm³/mol. The molecule has 1 rings (SSSR count). The van der Waals surface area contributed by atoms with E-state index in [-0.39, 0.29) is 0 Å². The van der Waals surface area contributed by atoms with Crippen molar-refractivity contribution in [3.63, 3.8) is 0 Å². The number of allylic oxidation sites excluding steroid dienone is 6. The highest BCUT2D eigenvalue weighted by molar-refractivity contribution is 4.94. The molecule has 0 heterocycles. The topological polar surface area (TPSA) is 0 Å². The zero-order valence-electron chi connectivity index (χ0n) is 8.41. The number of hydrogen-bond donors (Lipinski definition) is 0. The molecule has 0 aromatic rings. The quantitative estimate of drug-likeness (QED) is 0.480. The monoisotopic (exact) mass is 176 g/mol. The van der Waals surface area contributed by atoms with Gasteiger partial charge in [0, 0.05) is 0 Å². The molecule has 13 heavy (non-hydrogen) atoms. The molecule has 0 aromatic heterocycles. The van der Waals surface area contributed by atoms with Gasteiger partial charge in [0.25, 0.3) is 0 Å². The van der Waals surface area contributed by atoms with E-state index in [0.717, 1.165) is 6.42 Å². The highest BCUT2D eigenvalue weighted by Gasteiger charge is 1.84. The predicted octanol–water partition coefficient (Wildman–Crippen LogP) is 4.40. The van der Waals surface area contributed by atoms with Gasteiger partial charge >= 0.3 is 0 Å². The van der Waals surface area contributed by atoms with Crippen LogP contribution in [0.3, 0.4) is 0 Å². The van der Waals surface area contributed by atoms with E-state index >= 15 is 0 Å². The van der Waals surface area contributed by atoms with Crippen molar-refractivity contribution in [2.24, 2.45) is 0 Å². The Kier molecular flexibility index (Phi) is 6.22. The van der Waals surface area contributed by atoms with Crippen LogP contribution in [0.4, 0.5) is 0 Å². The zero-order valence-corrected chi connectivity index (χ0v) is 8.41. The molecule has 0 radical (unpaired) electrons. The molecule has 0 aliphatic heterocycles. The van der Waals surface area contributed by atoms with E-state index < -0.39 is 0 Å². The Bertz CT molecular complexity index is 184. The zero-order chi connectivity index (χ0) is 9.19. The maximum atomic E-state index is 2.33. The van der Waals surface area contributed by atoms with Crippen LogP contribution in [0.5, 0.6) is 0 Å². The van der Waals surface area contributed by atoms with Crippen molar-refractivity contribution in [1.82, 2.24) is 0 Å². The Hall–Kier alpha value is -0.780. The van der Waals surface area contributed by atoms with Crippen molar-refractivity contribution in [2.75, 3.05) is 0 Å². The summed E-state index contributed by atoms with van der Waals surface area (Å²) in [5, 5.41) is 0. The van der Waals surface area contributed by atoms with Gasteiger partial charge in [-0.25, -0.2) is 0 Å². The van der Waals surface area contributed by atoms with E-state index in [9.17, 15) is 0 Å². The van der Waals surface area contributed by atoms with Gasteiger partial charge < -0.3 is 0 Å². The van der Waals surface area contributed by atoms with Gasteiger partial charge in [-0.05, 0) is 44.9 Å². The molecule has 1 aliphatic rings. The molecule has 72 valence electrons. The lowest BCUT2D eigenvalue weighted by molar-refractivity contribution is 0.759. The van der Waals surface area contributed by atoms with Gasteiger partial charge in [-0.1, -0.05) is 36.5 Å². The summed E-state index contributed by atoms with van der Waals surface area (Å²) in [5.74, 6) is 0. The average Bonchev–Trinajstić information content (AvgIpc) is 2.18. The van der Waals surface area contributed by atoms with Gasteiger partial charge in [0.05, 0.1) is 0 Å². The molecule has 0 N–H and O–H groups in total. The highest BCUT2D eigenvalue weighted by Crippen LogP contribution is 2.04. The standard InChI is InChI=1S/C13H20/c1-2-4-6-8-10-12-13-11-9-7-5-3-1/h1-2,5,7-8,10H,3-4,6,9,11-13H2/b2-1-,7-5+,10-8?. The van der Waals surface area contributed by atoms with E-state index in [0.29, 0.717) is 0 Å². The lowest BCUT2D eigenvalue weighted by atomic mass is 10.1. The summed E-state index contributed by atoms with van der Waals surface area (Å²) < 4.78 is 0. The van der Waals surface area contributed by atoms with Crippen LogP contribution in [0.15, 0.2) is 36.5 Å². The molecule has 0 fully saturated rings. The van der Waals surface area contributed by atoms with Crippen molar-refractivity contribution in [1.29, 1.82) is 0 Å². The van der Waals surface area contributed by atoms with E-state index in [1.165, 1.54) is 38.5 Å². The summed E-state index contributed by atoms with van der Waals surface area (Å²) in [7, 11) is 0. The molecular weight excluding hydrogens is 156 g/mol. The second-order valence-electron chi connectivity index (χ2n) is 3.51. The molecule has 0 atom stereocenters. The molecule has 0 aromatic carbocycles. The molecule has 0 saturated heterocycles. The van der Waals surface area contributed by atoms with Gasteiger partial charge in [-0.15, -0.1) is 0 Å². The minimum Gasteiger partial charge on any atom is -0.0885 e. The molecular formula is C13H20. The molecule has 0 unspecified atom stereocenters. The molecule has 0 bridgehead atoms. The van der Waals surface area contributed by atoms with Crippen molar-refractivity contribution in [3.05, 3.63) is 36.5 Å². The Balaban J connectivity index is 2.28. The Labute approximate surface area is 82.0 Å². The third kappa shape index (κ3) is 6.39. The van der Waals surface area contributed by atoms with Gasteiger partial charge in [-0.2, -0.15) is 0 Å². The first kappa shape index (κ1) is 10.3. The lowest BCUT2D eigenvalue weighted by Crippen LogP contribution is -1.72. The molecule has 0 spiro atoms. The normalized spacial score (nSPS) is 25.2. The van der Waals surface area contributed by atoms with Crippen LogP contribution in [-0.4, -0.2) is 0 Å². The first-order valence-corrected chi connectivity index (χ1v) is 5.45. The molecule has 0 saturated carbocycles. The summed E-state index contributed by atoms with van der Waals surface area (Å²) in [6.07, 6.45) is 22.5. The minimum atomic E-state index is 1.11. The summed E-state index contributed by atoms with van der Waals surface area (Å²) >= 11 is 0. The third-order valence-electron chi connectivity index (χ3n) is 2.26. The van der Waals surface area contributed by atoms with E-state index in [2.05, 4.69) is 36.5 Å². The van der Waals surface area contributed by atoms with E-state index in [4.69, 9.17) is 0 Å². The second kappa shape index (κ2) is 7.85. The van der Waals surface area contributed by atoms with Gasteiger partial charge in [0.2, 0.25) is 0 Å². The fourth-order valence-electron chi connectivity index (χ4n) is 1.46. The molecule has 0 heteroatoms. The Morgan fingerprint density at radius 1 is 0.462 bits per heavy atom. The maximum Gasteiger partial charge on any atom is -0.0169 e. The second-order valence-corrected chi connectivity index (χ2v) is 3.51. The van der Waals surface area contributed by atoms with Crippen molar-refractivity contribution >= 4 is 0 Å². The third-order valence-corrected chi connectivity index (χ3v) is 2.26. The number of rotatable bonds is 0. The van der Waals surface area contributed by atoms with Crippen molar-refractivity contribution in [3.8, 4) is 0 Å². The van der Waals surface area contributed by atoms with E-state index in [1.807, 2.05) is 0 Å². The van der Waals surface area contributed by atoms with Crippen LogP contribution >= 0.6 is 0 Å². The average molecular weight is 176 g/mol. The fourth-order valence-corrected chi connectivity index (χ4v) is 1.46. The van der Waals surface area contributed by atoms with Gasteiger partial charge in [-0.3, -0.25) is 0 Å². The van der Waals surface area contributed by atoms with Crippen molar-refractivity contribution in [2.45, 2.75) is 44.9 Å². The van der Waals surface area contributed by atoms with Crippen LogP contribution in [0.2, 0.25) is 0 Å². The van der Waals surface area contributed by atoms with Crippen LogP contribution in [0, 0.1) is 0 Å². The Morgan fingerprint density at radius 3 is 1.62 bits per heavy atom. The van der Waals surface area contributed by atoms with Crippen molar-refractivity contribution < 1.29 is 0 Å². The van der Waals surface area contributed by atoms with E-state index in [1.54, 1.807) is 0 Å². The summed E-state index contributed by atoms with van der Waals surface area (Å²) in [5.41, 5.74) is 0. The smallest absolute Gasteiger partial charge is 0.0169 e. The molecule has 0 amide bonds. The summed E-state index contributed by atoms with van der Waals surface area (Å²) in [4.78, 5) is 0. The van der Waals surface area contributed by atoms with Crippen LogP contribution < -0.4 is 0 Å². The van der Waals surface area contributed by atoms with Crippen LogP contribution in [-0.2, 0) is 0 Å². The van der Waals surface area contributed by atoms with Crippen LogP contribution in [0.1, 0.15) is 44.9 Å². The summed E-state index contributed by atoms with van der Waals surface area (Å²) in [6.45, 7) is 0. The highest BCUT2D eigenvalue weighted by atomic mass is 13.9. The van der Waals surface area contributed by atoms with Gasteiger partial charge in [0.15, 0.2) is 0 Å². The maximum absolute atomic E-state index is 2.33. The Morgan fingerprint density at radius 2 is 0.923 bits per heavy atom. The SMILES string of the molecule is C1=CCCCC/C=C/C/C=C\CC1. The van der Waals surface area contributed by atoms with Crippen LogP contribution in [0.25, 0.3) is 0 Å².